The molecular weight excluding hydrogens is 498 g/mol. The van der Waals surface area contributed by atoms with E-state index in [0.29, 0.717) is 42.5 Å². The van der Waals surface area contributed by atoms with Crippen LogP contribution in [0.5, 0.6) is 5.75 Å². The number of nitrogens with one attached hydrogen (secondary N) is 1. The molecule has 0 aliphatic carbocycles. The zero-order valence-corrected chi connectivity index (χ0v) is 21.5. The lowest BCUT2D eigenvalue weighted by molar-refractivity contribution is 0.102. The van der Waals surface area contributed by atoms with E-state index < -0.39 is 15.9 Å². The van der Waals surface area contributed by atoms with Crippen molar-refractivity contribution < 1.29 is 17.9 Å². The van der Waals surface area contributed by atoms with E-state index >= 15 is 0 Å². The Morgan fingerprint density at radius 3 is 2.44 bits per heavy atom. The number of amides is 1. The zero-order valence-electron chi connectivity index (χ0n) is 19.9. The maximum absolute atomic E-state index is 13.4. The molecule has 1 saturated heterocycles. The Labute approximate surface area is 217 Å². The Morgan fingerprint density at radius 2 is 1.75 bits per heavy atom. The van der Waals surface area contributed by atoms with Crippen LogP contribution in [0.15, 0.2) is 83.8 Å². The van der Waals surface area contributed by atoms with Gasteiger partial charge in [-0.25, -0.2) is 8.42 Å². The number of halogens is 1. The van der Waals surface area contributed by atoms with Crippen LogP contribution in [-0.4, -0.2) is 63.4 Å². The van der Waals surface area contributed by atoms with Gasteiger partial charge in [0.1, 0.15) is 5.75 Å². The van der Waals surface area contributed by atoms with Gasteiger partial charge in [0.25, 0.3) is 5.91 Å². The quantitative estimate of drug-likeness (QED) is 0.464. The number of anilines is 1. The van der Waals surface area contributed by atoms with Gasteiger partial charge in [0.05, 0.1) is 17.7 Å². The molecule has 7 nitrogen and oxygen atoms in total. The summed E-state index contributed by atoms with van der Waals surface area (Å²) in [5.41, 5.74) is 1.76. The number of carbonyl (C=O) groups is 1. The first-order valence-corrected chi connectivity index (χ1v) is 13.4. The molecule has 1 heterocycles. The predicted molar refractivity (Wildman–Crippen MR) is 143 cm³/mol. The molecule has 188 valence electrons. The predicted octanol–water partition coefficient (Wildman–Crippen LogP) is 4.62. The second-order valence-corrected chi connectivity index (χ2v) is 10.7. The lowest BCUT2D eigenvalue weighted by Gasteiger charge is -2.33. The van der Waals surface area contributed by atoms with Crippen molar-refractivity contribution in [2.75, 3.05) is 45.2 Å². The van der Waals surface area contributed by atoms with Crippen molar-refractivity contribution in [2.24, 2.45) is 0 Å². The molecular formula is C27H28ClN3O4S. The molecule has 36 heavy (non-hydrogen) atoms. The van der Waals surface area contributed by atoms with E-state index in [-0.39, 0.29) is 10.6 Å². The monoisotopic (exact) mass is 525 g/mol. The number of methoxy groups -OCH3 is 1. The molecule has 3 aromatic carbocycles. The number of piperazine rings is 1. The van der Waals surface area contributed by atoms with Gasteiger partial charge in [-0.05, 0) is 42.0 Å². The summed E-state index contributed by atoms with van der Waals surface area (Å²) >= 11 is 5.99. The molecule has 1 fully saturated rings. The number of ether oxygens (including phenoxy) is 1. The molecule has 1 N–H and O–H groups in total. The number of rotatable bonds is 8. The highest BCUT2D eigenvalue weighted by atomic mass is 35.5. The van der Waals surface area contributed by atoms with Crippen molar-refractivity contribution >= 4 is 39.3 Å². The minimum Gasteiger partial charge on any atom is -0.495 e. The molecule has 1 amide bonds. The first kappa shape index (κ1) is 25.9. The lowest BCUT2D eigenvalue weighted by atomic mass is 10.2. The van der Waals surface area contributed by atoms with Crippen molar-refractivity contribution in [2.45, 2.75) is 4.90 Å². The van der Waals surface area contributed by atoms with Gasteiger partial charge in [-0.3, -0.25) is 9.69 Å². The van der Waals surface area contributed by atoms with Crippen LogP contribution in [0.3, 0.4) is 0 Å². The van der Waals surface area contributed by atoms with Crippen LogP contribution in [-0.2, 0) is 10.0 Å². The van der Waals surface area contributed by atoms with Gasteiger partial charge in [0.2, 0.25) is 10.0 Å². The van der Waals surface area contributed by atoms with E-state index in [1.807, 2.05) is 30.3 Å². The Balaban J connectivity index is 1.42. The Kier molecular flexibility index (Phi) is 8.43. The summed E-state index contributed by atoms with van der Waals surface area (Å²) in [7, 11) is -2.28. The Bertz CT molecular complexity index is 1340. The number of carbonyl (C=O) groups excluding carboxylic acids is 1. The first-order chi connectivity index (χ1) is 17.4. The Hall–Kier alpha value is -3.17. The first-order valence-electron chi connectivity index (χ1n) is 11.6. The largest absolute Gasteiger partial charge is 0.495 e. The highest BCUT2D eigenvalue weighted by Crippen LogP contribution is 2.30. The topological polar surface area (TPSA) is 79.0 Å². The van der Waals surface area contributed by atoms with Crippen molar-refractivity contribution in [3.63, 3.8) is 0 Å². The smallest absolute Gasteiger partial charge is 0.255 e. The van der Waals surface area contributed by atoms with Gasteiger partial charge >= 0.3 is 0 Å². The highest BCUT2D eigenvalue weighted by Gasteiger charge is 2.29. The molecule has 0 radical (unpaired) electrons. The molecule has 4 rings (SSSR count). The van der Waals surface area contributed by atoms with E-state index in [9.17, 15) is 13.2 Å². The van der Waals surface area contributed by atoms with Gasteiger partial charge < -0.3 is 10.1 Å². The molecule has 0 bridgehead atoms. The van der Waals surface area contributed by atoms with E-state index in [0.717, 1.165) is 12.1 Å². The van der Waals surface area contributed by atoms with Crippen LogP contribution in [0.2, 0.25) is 5.02 Å². The molecule has 0 spiro atoms. The fraction of sp³-hybridized carbons (Fsp3) is 0.222. The summed E-state index contributed by atoms with van der Waals surface area (Å²) in [5.74, 6) is -0.0538. The summed E-state index contributed by atoms with van der Waals surface area (Å²) in [6.07, 6.45) is 4.16. The Morgan fingerprint density at radius 1 is 1.00 bits per heavy atom. The van der Waals surface area contributed by atoms with Crippen LogP contribution in [0.4, 0.5) is 5.69 Å². The third kappa shape index (κ3) is 6.33. The van der Waals surface area contributed by atoms with Gasteiger partial charge in [-0.1, -0.05) is 60.2 Å². The number of benzene rings is 3. The molecule has 0 atom stereocenters. The second kappa shape index (κ2) is 11.7. The standard InChI is InChI=1S/C27H28ClN3O4S/c1-35-26-13-12-24(20-25(26)29-27(32)22-10-5-11-23(28)19-22)36(33,34)31-17-15-30(16-18-31)14-6-9-21-7-3-2-4-8-21/h2-13,19-20H,14-18H2,1H3,(H,29,32)/b9-6+. The van der Waals surface area contributed by atoms with Crippen LogP contribution >= 0.6 is 11.6 Å². The normalized spacial score (nSPS) is 15.2. The number of hydrogen-bond donors (Lipinski definition) is 1. The minimum atomic E-state index is -3.74. The van der Waals surface area contributed by atoms with Crippen LogP contribution in [0.1, 0.15) is 15.9 Å². The SMILES string of the molecule is COc1ccc(S(=O)(=O)N2CCN(C/C=C/c3ccccc3)CC2)cc1NC(=O)c1cccc(Cl)c1. The van der Waals surface area contributed by atoms with E-state index in [4.69, 9.17) is 16.3 Å². The van der Waals surface area contributed by atoms with Crippen LogP contribution in [0, 0.1) is 0 Å². The van der Waals surface area contributed by atoms with Gasteiger partial charge in [-0.15, -0.1) is 0 Å². The van der Waals surface area contributed by atoms with Crippen molar-refractivity contribution in [3.05, 3.63) is 95.0 Å². The van der Waals surface area contributed by atoms with Crippen molar-refractivity contribution in [1.29, 1.82) is 0 Å². The van der Waals surface area contributed by atoms with E-state index in [1.54, 1.807) is 30.3 Å². The van der Waals surface area contributed by atoms with E-state index in [1.165, 1.54) is 23.5 Å². The number of nitrogens with zero attached hydrogens (tertiary/aromatic N) is 2. The van der Waals surface area contributed by atoms with Gasteiger partial charge in [0.15, 0.2) is 0 Å². The number of sulfonamides is 1. The maximum atomic E-state index is 13.4. The molecule has 1 aliphatic heterocycles. The third-order valence-electron chi connectivity index (χ3n) is 5.95. The summed E-state index contributed by atoms with van der Waals surface area (Å²) in [6.45, 7) is 2.79. The average molecular weight is 526 g/mol. The number of hydrogen-bond acceptors (Lipinski definition) is 5. The molecule has 0 aromatic heterocycles. The fourth-order valence-electron chi connectivity index (χ4n) is 3.97. The molecule has 3 aromatic rings. The molecule has 9 heteroatoms. The average Bonchev–Trinajstić information content (AvgIpc) is 2.89. The maximum Gasteiger partial charge on any atom is 0.255 e. The minimum absolute atomic E-state index is 0.0992. The van der Waals surface area contributed by atoms with Crippen molar-refractivity contribution in [1.82, 2.24) is 9.21 Å². The van der Waals surface area contributed by atoms with Gasteiger partial charge in [-0.2, -0.15) is 4.31 Å². The molecule has 0 saturated carbocycles. The molecule has 0 unspecified atom stereocenters. The molecule has 1 aliphatic rings. The highest BCUT2D eigenvalue weighted by molar-refractivity contribution is 7.89. The second-order valence-electron chi connectivity index (χ2n) is 8.34. The van der Waals surface area contributed by atoms with Crippen molar-refractivity contribution in [3.8, 4) is 5.75 Å². The lowest BCUT2D eigenvalue weighted by Crippen LogP contribution is -2.48. The van der Waals surface area contributed by atoms with Crippen LogP contribution < -0.4 is 10.1 Å². The summed E-state index contributed by atoms with van der Waals surface area (Å²) < 4.78 is 33.6. The third-order valence-corrected chi connectivity index (χ3v) is 8.08. The van der Waals surface area contributed by atoms with E-state index in [2.05, 4.69) is 22.4 Å². The fourth-order valence-corrected chi connectivity index (χ4v) is 5.61. The summed E-state index contributed by atoms with van der Waals surface area (Å²) in [4.78, 5) is 15.0. The summed E-state index contributed by atoms with van der Waals surface area (Å²) in [5, 5.41) is 3.17. The zero-order chi connectivity index (χ0) is 25.5. The van der Waals surface area contributed by atoms with Gasteiger partial charge in [0, 0.05) is 43.3 Å². The van der Waals surface area contributed by atoms with Crippen LogP contribution in [0.25, 0.3) is 6.08 Å². The summed E-state index contributed by atoms with van der Waals surface area (Å²) in [6, 6.07) is 21.1.